The molecule has 0 amide bonds. The molecule has 1 aromatic rings. The van der Waals surface area contributed by atoms with Gasteiger partial charge in [-0.25, -0.2) is 0 Å². The van der Waals surface area contributed by atoms with E-state index < -0.39 is 0 Å². The van der Waals surface area contributed by atoms with Crippen molar-refractivity contribution in [1.29, 1.82) is 0 Å². The van der Waals surface area contributed by atoms with Crippen molar-refractivity contribution in [2.75, 3.05) is 0 Å². The van der Waals surface area contributed by atoms with E-state index in [-0.39, 0.29) is 11.5 Å². The third kappa shape index (κ3) is 2.01. The maximum Gasteiger partial charge on any atom is 0.0853 e. The van der Waals surface area contributed by atoms with Crippen molar-refractivity contribution in [3.63, 3.8) is 0 Å². The van der Waals surface area contributed by atoms with Crippen LogP contribution in [0.5, 0.6) is 0 Å². The van der Waals surface area contributed by atoms with E-state index in [1.165, 1.54) is 12.8 Å². The van der Waals surface area contributed by atoms with Gasteiger partial charge in [-0.15, -0.1) is 0 Å². The molecule has 2 atom stereocenters. The first kappa shape index (κ1) is 11.6. The largest absolute Gasteiger partial charge is 0.388 e. The van der Waals surface area contributed by atoms with Crippen LogP contribution in [0.3, 0.4) is 0 Å². The van der Waals surface area contributed by atoms with Gasteiger partial charge in [-0.1, -0.05) is 20.3 Å². The summed E-state index contributed by atoms with van der Waals surface area (Å²) in [5.74, 6) is 0.377. The second-order valence-electron chi connectivity index (χ2n) is 5.56. The van der Waals surface area contributed by atoms with E-state index in [0.717, 1.165) is 18.5 Å². The highest BCUT2D eigenvalue weighted by Gasteiger charge is 2.39. The second-order valence-corrected chi connectivity index (χ2v) is 5.56. The standard InChI is InChI=1S/C13H22N2O/c1-4-15-9-10(8-14-15)12(16)11-6-5-7-13(11,2)3/h8-9,11-12,16H,4-7H2,1-3H3. The van der Waals surface area contributed by atoms with Crippen LogP contribution in [-0.2, 0) is 6.54 Å². The van der Waals surface area contributed by atoms with Gasteiger partial charge in [-0.2, -0.15) is 5.10 Å². The Morgan fingerprint density at radius 1 is 1.62 bits per heavy atom. The van der Waals surface area contributed by atoms with E-state index in [9.17, 15) is 5.11 Å². The molecular formula is C13H22N2O. The highest BCUT2D eigenvalue weighted by Crippen LogP contribution is 2.48. The topological polar surface area (TPSA) is 38.0 Å². The Hall–Kier alpha value is -0.830. The average molecular weight is 222 g/mol. The number of aromatic nitrogens is 2. The maximum absolute atomic E-state index is 10.4. The molecule has 2 unspecified atom stereocenters. The van der Waals surface area contributed by atoms with Gasteiger partial charge < -0.3 is 5.11 Å². The molecule has 0 saturated heterocycles. The Kier molecular flexibility index (Phi) is 3.06. The Bertz CT molecular complexity index is 357. The smallest absolute Gasteiger partial charge is 0.0853 e. The fourth-order valence-electron chi connectivity index (χ4n) is 2.88. The molecule has 1 N–H and O–H groups in total. The highest BCUT2D eigenvalue weighted by molar-refractivity contribution is 5.11. The zero-order valence-corrected chi connectivity index (χ0v) is 10.5. The van der Waals surface area contributed by atoms with Gasteiger partial charge in [-0.05, 0) is 31.1 Å². The van der Waals surface area contributed by atoms with Crippen molar-refractivity contribution < 1.29 is 5.11 Å². The summed E-state index contributed by atoms with van der Waals surface area (Å²) in [5, 5.41) is 14.6. The first-order chi connectivity index (χ1) is 7.54. The third-order valence-corrected chi connectivity index (χ3v) is 4.04. The van der Waals surface area contributed by atoms with Crippen LogP contribution >= 0.6 is 0 Å². The molecule has 3 nitrogen and oxygen atoms in total. The van der Waals surface area contributed by atoms with Gasteiger partial charge in [0.2, 0.25) is 0 Å². The van der Waals surface area contributed by atoms with Crippen molar-refractivity contribution in [2.24, 2.45) is 11.3 Å². The van der Waals surface area contributed by atoms with Crippen LogP contribution < -0.4 is 0 Å². The minimum Gasteiger partial charge on any atom is -0.388 e. The highest BCUT2D eigenvalue weighted by atomic mass is 16.3. The fourth-order valence-corrected chi connectivity index (χ4v) is 2.88. The van der Waals surface area contributed by atoms with Crippen molar-refractivity contribution in [3.8, 4) is 0 Å². The van der Waals surface area contributed by atoms with Gasteiger partial charge >= 0.3 is 0 Å². The fraction of sp³-hybridized carbons (Fsp3) is 0.769. The molecule has 0 bridgehead atoms. The van der Waals surface area contributed by atoms with Gasteiger partial charge in [0.15, 0.2) is 0 Å². The zero-order chi connectivity index (χ0) is 11.8. The second kappa shape index (κ2) is 4.21. The normalized spacial score (nSPS) is 25.9. The molecule has 2 rings (SSSR count). The summed E-state index contributed by atoms with van der Waals surface area (Å²) in [6.45, 7) is 7.44. The average Bonchev–Trinajstić information content (AvgIpc) is 2.82. The lowest BCUT2D eigenvalue weighted by Gasteiger charge is -2.30. The molecule has 0 spiro atoms. The van der Waals surface area contributed by atoms with E-state index in [1.54, 1.807) is 0 Å². The number of aliphatic hydroxyl groups is 1. The van der Waals surface area contributed by atoms with Gasteiger partial charge in [-0.3, -0.25) is 4.68 Å². The Morgan fingerprint density at radius 2 is 2.38 bits per heavy atom. The predicted octanol–water partition coefficient (Wildman–Crippen LogP) is 2.76. The number of aliphatic hydroxyl groups excluding tert-OH is 1. The molecular weight excluding hydrogens is 200 g/mol. The molecule has 1 aromatic heterocycles. The summed E-state index contributed by atoms with van der Waals surface area (Å²) in [6.07, 6.45) is 7.01. The molecule has 0 radical (unpaired) electrons. The Balaban J connectivity index is 2.15. The lowest BCUT2D eigenvalue weighted by Crippen LogP contribution is -2.23. The van der Waals surface area contributed by atoms with E-state index in [0.29, 0.717) is 5.92 Å². The van der Waals surface area contributed by atoms with Gasteiger partial charge in [0.05, 0.1) is 12.3 Å². The zero-order valence-electron chi connectivity index (χ0n) is 10.5. The Morgan fingerprint density at radius 3 is 2.88 bits per heavy atom. The van der Waals surface area contributed by atoms with Crippen molar-refractivity contribution >= 4 is 0 Å². The van der Waals surface area contributed by atoms with Crippen molar-refractivity contribution in [1.82, 2.24) is 9.78 Å². The molecule has 0 aromatic carbocycles. The number of hydrogen-bond donors (Lipinski definition) is 1. The molecule has 3 heteroatoms. The molecule has 1 aliphatic rings. The minimum absolute atomic E-state index is 0.258. The van der Waals surface area contributed by atoms with E-state index in [2.05, 4.69) is 25.9 Å². The van der Waals surface area contributed by atoms with E-state index in [1.807, 2.05) is 17.1 Å². The molecule has 1 heterocycles. The van der Waals surface area contributed by atoms with Gasteiger partial charge in [0.1, 0.15) is 0 Å². The summed E-state index contributed by atoms with van der Waals surface area (Å²) in [4.78, 5) is 0. The molecule has 1 aliphatic carbocycles. The molecule has 90 valence electrons. The van der Waals surface area contributed by atoms with Crippen molar-refractivity contribution in [3.05, 3.63) is 18.0 Å². The summed E-state index contributed by atoms with van der Waals surface area (Å²) in [7, 11) is 0. The lowest BCUT2D eigenvalue weighted by atomic mass is 9.77. The Labute approximate surface area is 97.5 Å². The number of hydrogen-bond acceptors (Lipinski definition) is 2. The van der Waals surface area contributed by atoms with Crippen LogP contribution in [-0.4, -0.2) is 14.9 Å². The number of nitrogens with zero attached hydrogens (tertiary/aromatic N) is 2. The van der Waals surface area contributed by atoms with E-state index in [4.69, 9.17) is 0 Å². The van der Waals surface area contributed by atoms with Gasteiger partial charge in [0, 0.05) is 18.3 Å². The van der Waals surface area contributed by atoms with Crippen molar-refractivity contribution in [2.45, 2.75) is 52.7 Å². The van der Waals surface area contributed by atoms with Crippen LogP contribution in [0.25, 0.3) is 0 Å². The molecule has 1 saturated carbocycles. The summed E-state index contributed by atoms with van der Waals surface area (Å²) in [6, 6.07) is 0. The predicted molar refractivity (Wildman–Crippen MR) is 64.0 cm³/mol. The minimum atomic E-state index is -0.349. The number of aryl methyl sites for hydroxylation is 1. The van der Waals surface area contributed by atoms with Crippen LogP contribution in [0.15, 0.2) is 12.4 Å². The molecule has 0 aliphatic heterocycles. The molecule has 16 heavy (non-hydrogen) atoms. The first-order valence-electron chi connectivity index (χ1n) is 6.25. The third-order valence-electron chi connectivity index (χ3n) is 4.04. The lowest BCUT2D eigenvalue weighted by molar-refractivity contribution is 0.0531. The number of rotatable bonds is 3. The van der Waals surface area contributed by atoms with E-state index >= 15 is 0 Å². The van der Waals surface area contributed by atoms with Crippen LogP contribution in [0.1, 0.15) is 51.7 Å². The van der Waals surface area contributed by atoms with Crippen LogP contribution in [0.4, 0.5) is 0 Å². The maximum atomic E-state index is 10.4. The van der Waals surface area contributed by atoms with Crippen LogP contribution in [0.2, 0.25) is 0 Å². The first-order valence-corrected chi connectivity index (χ1v) is 6.25. The SMILES string of the molecule is CCn1cc(C(O)C2CCCC2(C)C)cn1. The summed E-state index contributed by atoms with van der Waals surface area (Å²) >= 11 is 0. The summed E-state index contributed by atoms with van der Waals surface area (Å²) in [5.41, 5.74) is 1.23. The monoisotopic (exact) mass is 222 g/mol. The van der Waals surface area contributed by atoms with Crippen LogP contribution in [0, 0.1) is 11.3 Å². The summed E-state index contributed by atoms with van der Waals surface area (Å²) < 4.78 is 1.88. The molecule has 1 fully saturated rings. The van der Waals surface area contributed by atoms with Gasteiger partial charge in [0.25, 0.3) is 0 Å². The quantitative estimate of drug-likeness (QED) is 0.854.